The molecule has 1 aromatic carbocycles. The van der Waals surface area contributed by atoms with Crippen LogP contribution in [0.2, 0.25) is 0 Å². The summed E-state index contributed by atoms with van der Waals surface area (Å²) in [6.07, 6.45) is 0. The molecule has 1 saturated heterocycles. The molecule has 2 aliphatic rings. The molecule has 2 heterocycles. The largest absolute Gasteiger partial charge is 0.319 e. The second-order valence-corrected chi connectivity index (χ2v) is 7.39. The molecule has 0 aliphatic carbocycles. The maximum absolute atomic E-state index is 12.3. The van der Waals surface area contributed by atoms with Crippen molar-refractivity contribution in [3.8, 4) is 0 Å². The Labute approximate surface area is 100 Å². The van der Waals surface area contributed by atoms with Crippen LogP contribution in [0.3, 0.4) is 0 Å². The normalized spacial score (nSPS) is 30.4. The van der Waals surface area contributed by atoms with Crippen molar-refractivity contribution in [1.29, 1.82) is 0 Å². The van der Waals surface area contributed by atoms with Crippen molar-refractivity contribution < 1.29 is 4.79 Å². The minimum atomic E-state index is -0.156. The molecular formula is C13H15NOS. The standard InChI is InChI=1S/C13H15NOS/c1-12(2)8-14-11(15)9-6-4-5-7-10(9)13(14,3)16-12/h4-7H,8H2,1-3H3. The summed E-state index contributed by atoms with van der Waals surface area (Å²) in [5.74, 6) is 0.191. The zero-order valence-electron chi connectivity index (χ0n) is 9.78. The number of carbonyl (C=O) groups excluding carboxylic acids is 1. The molecule has 1 aromatic rings. The molecule has 3 heteroatoms. The molecule has 1 unspecified atom stereocenters. The van der Waals surface area contributed by atoms with Gasteiger partial charge in [0, 0.05) is 22.4 Å². The molecule has 16 heavy (non-hydrogen) atoms. The van der Waals surface area contributed by atoms with Gasteiger partial charge in [-0.3, -0.25) is 4.79 Å². The first-order chi connectivity index (χ1) is 7.44. The van der Waals surface area contributed by atoms with Crippen LogP contribution in [-0.2, 0) is 4.87 Å². The Balaban J connectivity index is 2.19. The molecule has 0 aromatic heterocycles. The molecule has 1 atom stereocenters. The van der Waals surface area contributed by atoms with Gasteiger partial charge in [-0.1, -0.05) is 18.2 Å². The Bertz CT molecular complexity index is 483. The van der Waals surface area contributed by atoms with Gasteiger partial charge in [0.05, 0.1) is 0 Å². The third-order valence-electron chi connectivity index (χ3n) is 3.43. The average molecular weight is 233 g/mol. The van der Waals surface area contributed by atoms with E-state index in [1.165, 1.54) is 5.56 Å². The minimum absolute atomic E-state index is 0.151. The predicted octanol–water partition coefficient (Wildman–Crippen LogP) is 2.84. The van der Waals surface area contributed by atoms with Gasteiger partial charge >= 0.3 is 0 Å². The van der Waals surface area contributed by atoms with E-state index in [-0.39, 0.29) is 15.5 Å². The Morgan fingerprint density at radius 1 is 1.25 bits per heavy atom. The van der Waals surface area contributed by atoms with E-state index in [9.17, 15) is 4.79 Å². The molecule has 0 spiro atoms. The molecule has 2 nitrogen and oxygen atoms in total. The minimum Gasteiger partial charge on any atom is -0.319 e. The van der Waals surface area contributed by atoms with Crippen LogP contribution in [0.4, 0.5) is 0 Å². The Hall–Kier alpha value is -0.960. The zero-order valence-corrected chi connectivity index (χ0v) is 10.6. The Morgan fingerprint density at radius 2 is 1.94 bits per heavy atom. The Kier molecular flexibility index (Phi) is 1.81. The van der Waals surface area contributed by atoms with Crippen molar-refractivity contribution in [3.63, 3.8) is 0 Å². The highest BCUT2D eigenvalue weighted by Gasteiger charge is 2.55. The quantitative estimate of drug-likeness (QED) is 0.686. The lowest BCUT2D eigenvalue weighted by molar-refractivity contribution is 0.0722. The summed E-state index contributed by atoms with van der Waals surface area (Å²) in [5, 5.41) is 0. The van der Waals surface area contributed by atoms with E-state index < -0.39 is 0 Å². The van der Waals surface area contributed by atoms with Gasteiger partial charge in [0.25, 0.3) is 5.91 Å². The van der Waals surface area contributed by atoms with Crippen molar-refractivity contribution in [2.75, 3.05) is 6.54 Å². The highest BCUT2D eigenvalue weighted by Crippen LogP contribution is 2.57. The van der Waals surface area contributed by atoms with Crippen LogP contribution in [-0.4, -0.2) is 22.1 Å². The second-order valence-electron chi connectivity index (χ2n) is 5.28. The summed E-state index contributed by atoms with van der Waals surface area (Å²) in [6.45, 7) is 7.41. The second kappa shape index (κ2) is 2.83. The number of nitrogens with zero attached hydrogens (tertiary/aromatic N) is 1. The number of hydrogen-bond acceptors (Lipinski definition) is 2. The van der Waals surface area contributed by atoms with E-state index in [1.54, 1.807) is 0 Å². The van der Waals surface area contributed by atoms with Crippen LogP contribution in [0.1, 0.15) is 36.7 Å². The van der Waals surface area contributed by atoms with Gasteiger partial charge in [-0.2, -0.15) is 0 Å². The highest BCUT2D eigenvalue weighted by molar-refractivity contribution is 8.01. The number of carbonyl (C=O) groups is 1. The van der Waals surface area contributed by atoms with Crippen LogP contribution in [0, 0.1) is 0 Å². The average Bonchev–Trinajstić information content (AvgIpc) is 2.58. The monoisotopic (exact) mass is 233 g/mol. The van der Waals surface area contributed by atoms with Crippen molar-refractivity contribution >= 4 is 17.7 Å². The molecule has 84 valence electrons. The summed E-state index contributed by atoms with van der Waals surface area (Å²) in [4.78, 5) is 14.1. The van der Waals surface area contributed by atoms with Gasteiger partial charge in [-0.15, -0.1) is 11.8 Å². The third-order valence-corrected chi connectivity index (χ3v) is 4.95. The summed E-state index contributed by atoms with van der Waals surface area (Å²) in [6, 6.07) is 7.99. The zero-order chi connectivity index (χ0) is 11.6. The van der Waals surface area contributed by atoms with Crippen LogP contribution in [0.15, 0.2) is 24.3 Å². The van der Waals surface area contributed by atoms with Gasteiger partial charge in [-0.25, -0.2) is 0 Å². The summed E-state index contributed by atoms with van der Waals surface area (Å²) >= 11 is 1.89. The van der Waals surface area contributed by atoms with Gasteiger partial charge < -0.3 is 4.90 Å². The molecule has 0 saturated carbocycles. The maximum atomic E-state index is 12.3. The molecule has 2 aliphatic heterocycles. The molecule has 0 radical (unpaired) electrons. The van der Waals surface area contributed by atoms with E-state index >= 15 is 0 Å². The predicted molar refractivity (Wildman–Crippen MR) is 66.5 cm³/mol. The first-order valence-electron chi connectivity index (χ1n) is 5.56. The van der Waals surface area contributed by atoms with Gasteiger partial charge in [0.1, 0.15) is 4.87 Å². The fourth-order valence-corrected chi connectivity index (χ4v) is 4.66. The van der Waals surface area contributed by atoms with Crippen LogP contribution in [0.5, 0.6) is 0 Å². The van der Waals surface area contributed by atoms with Crippen molar-refractivity contribution in [2.45, 2.75) is 30.4 Å². The molecule has 3 rings (SSSR count). The molecule has 1 fully saturated rings. The Morgan fingerprint density at radius 3 is 2.69 bits per heavy atom. The van der Waals surface area contributed by atoms with Crippen molar-refractivity contribution in [3.05, 3.63) is 35.4 Å². The van der Waals surface area contributed by atoms with Gasteiger partial charge in [0.2, 0.25) is 0 Å². The molecule has 0 bridgehead atoms. The molecule has 1 amide bonds. The van der Waals surface area contributed by atoms with E-state index in [2.05, 4.69) is 26.8 Å². The fraction of sp³-hybridized carbons (Fsp3) is 0.462. The number of thioether (sulfide) groups is 1. The third kappa shape index (κ3) is 1.12. The highest BCUT2D eigenvalue weighted by atomic mass is 32.2. The van der Waals surface area contributed by atoms with E-state index in [4.69, 9.17) is 0 Å². The number of benzene rings is 1. The summed E-state index contributed by atoms with van der Waals surface area (Å²) in [5.41, 5.74) is 2.06. The summed E-state index contributed by atoms with van der Waals surface area (Å²) < 4.78 is 0.151. The number of rotatable bonds is 0. The lowest BCUT2D eigenvalue weighted by Crippen LogP contribution is -2.35. The topological polar surface area (TPSA) is 20.3 Å². The van der Waals surface area contributed by atoms with Crippen LogP contribution >= 0.6 is 11.8 Å². The van der Waals surface area contributed by atoms with Crippen LogP contribution < -0.4 is 0 Å². The first kappa shape index (κ1) is 10.2. The van der Waals surface area contributed by atoms with Crippen LogP contribution in [0.25, 0.3) is 0 Å². The van der Waals surface area contributed by atoms with E-state index in [0.29, 0.717) is 0 Å². The SMILES string of the molecule is CC1(C)CN2C(=O)c3ccccc3C2(C)S1. The molecule has 0 N–H and O–H groups in total. The maximum Gasteiger partial charge on any atom is 0.255 e. The molecular weight excluding hydrogens is 218 g/mol. The lowest BCUT2D eigenvalue weighted by atomic mass is 10.1. The van der Waals surface area contributed by atoms with Crippen molar-refractivity contribution in [1.82, 2.24) is 4.90 Å². The first-order valence-corrected chi connectivity index (χ1v) is 6.37. The van der Waals surface area contributed by atoms with Gasteiger partial charge in [-0.05, 0) is 26.8 Å². The lowest BCUT2D eigenvalue weighted by Gasteiger charge is -2.27. The van der Waals surface area contributed by atoms with E-state index in [1.807, 2.05) is 34.9 Å². The van der Waals surface area contributed by atoms with Gasteiger partial charge in [0.15, 0.2) is 0 Å². The number of hydrogen-bond donors (Lipinski definition) is 0. The number of fused-ring (bicyclic) bond motifs is 3. The van der Waals surface area contributed by atoms with Crippen molar-refractivity contribution in [2.24, 2.45) is 0 Å². The number of amides is 1. The summed E-state index contributed by atoms with van der Waals surface area (Å²) in [7, 11) is 0. The van der Waals surface area contributed by atoms with E-state index in [0.717, 1.165) is 12.1 Å². The smallest absolute Gasteiger partial charge is 0.255 e. The fourth-order valence-electron chi connectivity index (χ4n) is 2.84.